The Kier molecular flexibility index (Phi) is 4.56. The summed E-state index contributed by atoms with van der Waals surface area (Å²) in [5.74, 6) is -0.289. The molecule has 0 spiro atoms. The number of amides is 1. The molecule has 0 aromatic heterocycles. The smallest absolute Gasteiger partial charge is 0.465 e. The Bertz CT molecular complexity index is 490. The molecule has 1 saturated heterocycles. The lowest BCUT2D eigenvalue weighted by atomic mass is 10.0. The molecule has 1 aromatic rings. The second kappa shape index (κ2) is 6.21. The van der Waals surface area contributed by atoms with E-state index in [1.54, 1.807) is 0 Å². The van der Waals surface area contributed by atoms with Crippen LogP contribution in [0.1, 0.15) is 5.56 Å². The third kappa shape index (κ3) is 4.52. The number of ether oxygens (including phenoxy) is 1. The first kappa shape index (κ1) is 15.4. The largest absolute Gasteiger partial charge is 0.573 e. The molecule has 116 valence electrons. The highest BCUT2D eigenvalue weighted by Gasteiger charge is 2.31. The molecule has 1 amide bonds. The fourth-order valence-corrected chi connectivity index (χ4v) is 2.29. The Labute approximate surface area is 119 Å². The molecule has 5 nitrogen and oxygen atoms in total. The summed E-state index contributed by atoms with van der Waals surface area (Å²) in [6, 6.07) is 5.24. The van der Waals surface area contributed by atoms with Crippen LogP contribution in [0.5, 0.6) is 5.75 Å². The lowest BCUT2D eigenvalue weighted by Gasteiger charge is -2.34. The van der Waals surface area contributed by atoms with Crippen molar-refractivity contribution in [2.75, 3.05) is 19.6 Å². The third-order valence-electron chi connectivity index (χ3n) is 3.22. The van der Waals surface area contributed by atoms with E-state index in [9.17, 15) is 18.0 Å². The van der Waals surface area contributed by atoms with E-state index >= 15 is 0 Å². The zero-order chi connectivity index (χ0) is 15.5. The minimum Gasteiger partial charge on any atom is -0.465 e. The van der Waals surface area contributed by atoms with Crippen molar-refractivity contribution in [1.29, 1.82) is 0 Å². The van der Waals surface area contributed by atoms with Crippen LogP contribution < -0.4 is 10.1 Å². The quantitative estimate of drug-likeness (QED) is 0.897. The molecule has 0 aliphatic carbocycles. The SMILES string of the molecule is O=C(O)N1CCNCC1Cc1ccc(OC(F)(F)F)cc1. The zero-order valence-electron chi connectivity index (χ0n) is 11.1. The lowest BCUT2D eigenvalue weighted by molar-refractivity contribution is -0.274. The summed E-state index contributed by atoms with van der Waals surface area (Å²) in [6.07, 6.45) is -5.26. The maximum Gasteiger partial charge on any atom is 0.573 e. The topological polar surface area (TPSA) is 61.8 Å². The van der Waals surface area contributed by atoms with Gasteiger partial charge in [-0.15, -0.1) is 13.2 Å². The Hall–Kier alpha value is -1.96. The van der Waals surface area contributed by atoms with E-state index in [0.717, 1.165) is 5.56 Å². The standard InChI is InChI=1S/C13H15F3N2O3/c14-13(15,16)21-11-3-1-9(2-4-11)7-10-8-17-5-6-18(10)12(19)20/h1-4,10,17H,5-8H2,(H,19,20). The van der Waals surface area contributed by atoms with Crippen LogP contribution in [0.2, 0.25) is 0 Å². The predicted molar refractivity (Wildman–Crippen MR) is 68.2 cm³/mol. The van der Waals surface area contributed by atoms with Gasteiger partial charge in [-0.05, 0) is 24.1 Å². The molecule has 0 saturated carbocycles. The molecule has 0 radical (unpaired) electrons. The molecule has 1 fully saturated rings. The molecule has 1 atom stereocenters. The number of rotatable bonds is 3. The number of carboxylic acid groups (broad SMARTS) is 1. The summed E-state index contributed by atoms with van der Waals surface area (Å²) in [6.45, 7) is 1.52. The average Bonchev–Trinajstić information content (AvgIpc) is 2.40. The van der Waals surface area contributed by atoms with E-state index in [0.29, 0.717) is 26.1 Å². The summed E-state index contributed by atoms with van der Waals surface area (Å²) in [5, 5.41) is 12.2. The van der Waals surface area contributed by atoms with Gasteiger partial charge < -0.3 is 20.1 Å². The molecule has 0 bridgehead atoms. The van der Waals surface area contributed by atoms with Crippen LogP contribution >= 0.6 is 0 Å². The first-order valence-corrected chi connectivity index (χ1v) is 6.40. The van der Waals surface area contributed by atoms with Gasteiger partial charge in [0.2, 0.25) is 0 Å². The van der Waals surface area contributed by atoms with Crippen LogP contribution in [0.15, 0.2) is 24.3 Å². The normalized spacial score (nSPS) is 19.4. The highest BCUT2D eigenvalue weighted by atomic mass is 19.4. The highest BCUT2D eigenvalue weighted by Crippen LogP contribution is 2.23. The van der Waals surface area contributed by atoms with Gasteiger partial charge in [0.05, 0.1) is 6.04 Å². The molecule has 1 unspecified atom stereocenters. The van der Waals surface area contributed by atoms with E-state index in [1.165, 1.54) is 29.2 Å². The molecule has 8 heteroatoms. The second-order valence-corrected chi connectivity index (χ2v) is 4.73. The van der Waals surface area contributed by atoms with E-state index < -0.39 is 12.5 Å². The molecular formula is C13H15F3N2O3. The molecule has 2 N–H and O–H groups in total. The van der Waals surface area contributed by atoms with Gasteiger partial charge in [-0.1, -0.05) is 12.1 Å². The van der Waals surface area contributed by atoms with Crippen molar-refractivity contribution >= 4 is 6.09 Å². The molecular weight excluding hydrogens is 289 g/mol. The number of nitrogens with one attached hydrogen (secondary N) is 1. The Morgan fingerprint density at radius 1 is 1.38 bits per heavy atom. The first-order chi connectivity index (χ1) is 9.85. The van der Waals surface area contributed by atoms with Crippen molar-refractivity contribution in [3.8, 4) is 5.75 Å². The zero-order valence-corrected chi connectivity index (χ0v) is 11.1. The number of carbonyl (C=O) groups is 1. The van der Waals surface area contributed by atoms with Crippen LogP contribution in [0.3, 0.4) is 0 Å². The summed E-state index contributed by atoms with van der Waals surface area (Å²) < 4.78 is 39.9. The number of hydrogen-bond acceptors (Lipinski definition) is 3. The van der Waals surface area contributed by atoms with E-state index in [4.69, 9.17) is 5.11 Å². The fraction of sp³-hybridized carbons (Fsp3) is 0.462. The molecule has 1 aliphatic heterocycles. The minimum absolute atomic E-state index is 0.231. The van der Waals surface area contributed by atoms with E-state index in [2.05, 4.69) is 10.1 Å². The van der Waals surface area contributed by atoms with E-state index in [-0.39, 0.29) is 11.8 Å². The summed E-state index contributed by atoms with van der Waals surface area (Å²) in [4.78, 5) is 12.5. The number of nitrogens with zero attached hydrogens (tertiary/aromatic N) is 1. The van der Waals surface area contributed by atoms with Crippen LogP contribution in [-0.4, -0.2) is 48.1 Å². The van der Waals surface area contributed by atoms with Crippen LogP contribution in [0, 0.1) is 0 Å². The van der Waals surface area contributed by atoms with Gasteiger partial charge in [0, 0.05) is 19.6 Å². The molecule has 21 heavy (non-hydrogen) atoms. The van der Waals surface area contributed by atoms with Crippen LogP contribution in [0.25, 0.3) is 0 Å². The molecule has 1 aliphatic rings. The van der Waals surface area contributed by atoms with Gasteiger partial charge >= 0.3 is 12.5 Å². The fourth-order valence-electron chi connectivity index (χ4n) is 2.29. The van der Waals surface area contributed by atoms with Gasteiger partial charge in [-0.3, -0.25) is 0 Å². The average molecular weight is 304 g/mol. The number of halogens is 3. The maximum absolute atomic E-state index is 12.1. The number of hydrogen-bond donors (Lipinski definition) is 2. The van der Waals surface area contributed by atoms with Crippen LogP contribution in [0.4, 0.5) is 18.0 Å². The monoisotopic (exact) mass is 304 g/mol. The predicted octanol–water partition coefficient (Wildman–Crippen LogP) is 2.08. The Morgan fingerprint density at radius 3 is 2.62 bits per heavy atom. The first-order valence-electron chi connectivity index (χ1n) is 6.40. The molecule has 1 heterocycles. The molecule has 2 rings (SSSR count). The highest BCUT2D eigenvalue weighted by molar-refractivity contribution is 5.65. The van der Waals surface area contributed by atoms with Gasteiger partial charge in [-0.2, -0.15) is 0 Å². The van der Waals surface area contributed by atoms with Crippen molar-refractivity contribution in [3.63, 3.8) is 0 Å². The van der Waals surface area contributed by atoms with Crippen molar-refractivity contribution in [2.45, 2.75) is 18.8 Å². The van der Waals surface area contributed by atoms with Gasteiger partial charge in [0.25, 0.3) is 0 Å². The van der Waals surface area contributed by atoms with Crippen molar-refractivity contribution in [1.82, 2.24) is 10.2 Å². The van der Waals surface area contributed by atoms with Gasteiger partial charge in [0.15, 0.2) is 0 Å². The molecule has 1 aromatic carbocycles. The summed E-state index contributed by atoms with van der Waals surface area (Å²) in [5.41, 5.74) is 0.754. The Morgan fingerprint density at radius 2 is 2.05 bits per heavy atom. The van der Waals surface area contributed by atoms with Crippen LogP contribution in [-0.2, 0) is 6.42 Å². The second-order valence-electron chi connectivity index (χ2n) is 4.73. The van der Waals surface area contributed by atoms with Crippen molar-refractivity contribution in [3.05, 3.63) is 29.8 Å². The van der Waals surface area contributed by atoms with Gasteiger partial charge in [0.1, 0.15) is 5.75 Å². The van der Waals surface area contributed by atoms with Gasteiger partial charge in [-0.25, -0.2) is 4.79 Å². The Balaban J connectivity index is 2.00. The number of alkyl halides is 3. The maximum atomic E-state index is 12.1. The van der Waals surface area contributed by atoms with Crippen molar-refractivity contribution < 1.29 is 27.8 Å². The van der Waals surface area contributed by atoms with Crippen molar-refractivity contribution in [2.24, 2.45) is 0 Å². The van der Waals surface area contributed by atoms with E-state index in [1.807, 2.05) is 0 Å². The number of piperazine rings is 1. The summed E-state index contributed by atoms with van der Waals surface area (Å²) >= 11 is 0. The minimum atomic E-state index is -4.71. The summed E-state index contributed by atoms with van der Waals surface area (Å²) in [7, 11) is 0. The number of benzene rings is 1. The lowest BCUT2D eigenvalue weighted by Crippen LogP contribution is -2.54. The third-order valence-corrected chi connectivity index (χ3v) is 3.22.